The van der Waals surface area contributed by atoms with Gasteiger partial charge in [0.05, 0.1) is 11.1 Å². The van der Waals surface area contributed by atoms with Gasteiger partial charge in [-0.25, -0.2) is 0 Å². The van der Waals surface area contributed by atoms with Gasteiger partial charge in [-0.3, -0.25) is 9.59 Å². The fourth-order valence-corrected chi connectivity index (χ4v) is 5.43. The lowest BCUT2D eigenvalue weighted by Gasteiger charge is -2.38. The average Bonchev–Trinajstić information content (AvgIpc) is 3.51. The second-order valence-electron chi connectivity index (χ2n) is 7.65. The molecule has 2 fully saturated rings. The highest BCUT2D eigenvalue weighted by Crippen LogP contribution is 2.61. The quantitative estimate of drug-likeness (QED) is 0.702. The van der Waals surface area contributed by atoms with E-state index in [0.29, 0.717) is 11.1 Å². The Labute approximate surface area is 147 Å². The molecule has 0 aromatic heterocycles. The molecule has 0 saturated carbocycles. The molecule has 0 bridgehead atoms. The normalized spacial score (nSPS) is 36.6. The molecule has 7 rings (SSSR count). The van der Waals surface area contributed by atoms with Crippen molar-refractivity contribution in [2.24, 2.45) is 0 Å². The van der Waals surface area contributed by atoms with Gasteiger partial charge in [-0.05, 0) is 34.4 Å². The minimum atomic E-state index is -0.543. The van der Waals surface area contributed by atoms with Gasteiger partial charge in [-0.15, -0.1) is 0 Å². The lowest BCUT2D eigenvalue weighted by Crippen LogP contribution is -2.36. The van der Waals surface area contributed by atoms with E-state index < -0.39 is 12.2 Å². The average molecular weight is 348 g/mol. The summed E-state index contributed by atoms with van der Waals surface area (Å²) in [6.07, 6.45) is -1.64. The molecule has 128 valence electrons. The topological polar surface area (TPSA) is 99.7 Å². The summed E-state index contributed by atoms with van der Waals surface area (Å²) in [4.78, 5) is 25.4. The van der Waals surface area contributed by atoms with Crippen molar-refractivity contribution in [1.29, 1.82) is 0 Å². The van der Waals surface area contributed by atoms with E-state index in [2.05, 4.69) is 0 Å². The van der Waals surface area contributed by atoms with Gasteiger partial charge in [0.2, 0.25) is 0 Å². The number of carbonyl (C=O) groups excluding carboxylic acids is 2. The second kappa shape index (κ2) is 3.84. The Bertz CT molecular complexity index is 1010. The standard InChI is InChI=1S/C20H12O6/c21-7-3-1-5-9-12(18-20(26-18)15(23)13(7)9)6-2-4-8(22)14-10(6)11(5)17-19(25-17)16(14)24/h1-4,11-12,17-22H/t11-,12-,17+,18+,19-,20-/m0/s1. The third kappa shape index (κ3) is 1.26. The van der Waals surface area contributed by atoms with Crippen molar-refractivity contribution in [3.63, 3.8) is 0 Å². The minimum absolute atomic E-state index is 0.0321. The summed E-state index contributed by atoms with van der Waals surface area (Å²) in [7, 11) is 0. The smallest absolute Gasteiger partial charge is 0.198 e. The van der Waals surface area contributed by atoms with Crippen molar-refractivity contribution >= 4 is 11.6 Å². The number of ketones is 2. The molecule has 0 unspecified atom stereocenters. The van der Waals surface area contributed by atoms with Crippen LogP contribution in [0.15, 0.2) is 24.3 Å². The molecule has 2 aliphatic heterocycles. The van der Waals surface area contributed by atoms with E-state index in [1.807, 2.05) is 12.1 Å². The highest BCUT2D eigenvalue weighted by atomic mass is 16.6. The van der Waals surface area contributed by atoms with Crippen LogP contribution in [0, 0.1) is 0 Å². The Hall–Kier alpha value is -2.70. The number of phenols is 2. The lowest BCUT2D eigenvalue weighted by atomic mass is 9.62. The molecule has 6 heteroatoms. The van der Waals surface area contributed by atoms with Gasteiger partial charge in [-0.1, -0.05) is 12.1 Å². The monoisotopic (exact) mass is 348 g/mol. The first kappa shape index (κ1) is 13.5. The van der Waals surface area contributed by atoms with Gasteiger partial charge in [0.1, 0.15) is 35.9 Å². The molecular formula is C20H12O6. The number of Topliss-reactive ketones (excluding diaryl/α,β-unsaturated/α-hetero) is 2. The lowest BCUT2D eigenvalue weighted by molar-refractivity contribution is 0.0940. The largest absolute Gasteiger partial charge is 0.507 e. The van der Waals surface area contributed by atoms with Gasteiger partial charge in [-0.2, -0.15) is 0 Å². The maximum atomic E-state index is 12.7. The van der Waals surface area contributed by atoms with Crippen molar-refractivity contribution in [3.05, 3.63) is 57.6 Å². The summed E-state index contributed by atoms with van der Waals surface area (Å²) < 4.78 is 11.3. The molecule has 5 aliphatic rings. The molecule has 2 aromatic carbocycles. The van der Waals surface area contributed by atoms with Crippen molar-refractivity contribution in [2.75, 3.05) is 0 Å². The Morgan fingerprint density at radius 3 is 1.54 bits per heavy atom. The van der Waals surface area contributed by atoms with E-state index in [9.17, 15) is 19.8 Å². The fourth-order valence-electron chi connectivity index (χ4n) is 5.43. The Balaban J connectivity index is 1.63. The van der Waals surface area contributed by atoms with Crippen LogP contribution >= 0.6 is 0 Å². The van der Waals surface area contributed by atoms with Gasteiger partial charge in [0.25, 0.3) is 0 Å². The molecule has 0 radical (unpaired) electrons. The maximum absolute atomic E-state index is 12.7. The zero-order valence-corrected chi connectivity index (χ0v) is 13.3. The Kier molecular flexibility index (Phi) is 2.00. The molecule has 2 saturated heterocycles. The van der Waals surface area contributed by atoms with E-state index in [4.69, 9.17) is 9.47 Å². The van der Waals surface area contributed by atoms with E-state index in [0.717, 1.165) is 22.3 Å². The summed E-state index contributed by atoms with van der Waals surface area (Å²) in [6.45, 7) is 0. The zero-order valence-electron chi connectivity index (χ0n) is 13.3. The van der Waals surface area contributed by atoms with E-state index in [1.165, 1.54) is 12.1 Å². The first-order valence-corrected chi connectivity index (χ1v) is 8.69. The van der Waals surface area contributed by atoms with E-state index in [1.54, 1.807) is 0 Å². The molecular weight excluding hydrogens is 336 g/mol. The van der Waals surface area contributed by atoms with Crippen LogP contribution in [0.5, 0.6) is 11.5 Å². The summed E-state index contributed by atoms with van der Waals surface area (Å²) in [5, 5.41) is 20.7. The third-order valence-electron chi connectivity index (χ3n) is 6.52. The number of ether oxygens (including phenoxy) is 2. The fraction of sp³-hybridized carbons (Fsp3) is 0.300. The van der Waals surface area contributed by atoms with Gasteiger partial charge in [0.15, 0.2) is 11.6 Å². The predicted octanol–water partition coefficient (Wildman–Crippen LogP) is 1.60. The Morgan fingerprint density at radius 1 is 0.692 bits per heavy atom. The zero-order chi connectivity index (χ0) is 17.5. The first-order valence-electron chi connectivity index (χ1n) is 8.69. The molecule has 26 heavy (non-hydrogen) atoms. The molecule has 6 atom stereocenters. The molecule has 3 aliphatic carbocycles. The van der Waals surface area contributed by atoms with Crippen LogP contribution in [0.3, 0.4) is 0 Å². The van der Waals surface area contributed by atoms with Crippen LogP contribution < -0.4 is 0 Å². The number of fused-ring (bicyclic) bond motifs is 6. The number of hydrogen-bond donors (Lipinski definition) is 2. The third-order valence-corrected chi connectivity index (χ3v) is 6.52. The minimum Gasteiger partial charge on any atom is -0.507 e. The Morgan fingerprint density at radius 2 is 1.12 bits per heavy atom. The van der Waals surface area contributed by atoms with Crippen molar-refractivity contribution in [3.8, 4) is 11.5 Å². The SMILES string of the molecule is O=C1c2c(O)ccc3c2[C@H](c2ccc(O)c4c2[C@H]3[C@H]2O[C@H]2C4=O)[C@H]2O[C@@H]12. The maximum Gasteiger partial charge on any atom is 0.198 e. The van der Waals surface area contributed by atoms with Crippen molar-refractivity contribution in [2.45, 2.75) is 36.3 Å². The first-order chi connectivity index (χ1) is 12.6. The van der Waals surface area contributed by atoms with Gasteiger partial charge < -0.3 is 19.7 Å². The summed E-state index contributed by atoms with van der Waals surface area (Å²) in [5.74, 6) is -0.857. The summed E-state index contributed by atoms with van der Waals surface area (Å²) in [6, 6.07) is 6.69. The van der Waals surface area contributed by atoms with Crippen LogP contribution in [0.1, 0.15) is 54.8 Å². The summed E-state index contributed by atoms with van der Waals surface area (Å²) >= 11 is 0. The predicted molar refractivity (Wildman–Crippen MR) is 85.9 cm³/mol. The molecule has 0 spiro atoms. The van der Waals surface area contributed by atoms with Crippen molar-refractivity contribution < 1.29 is 29.3 Å². The van der Waals surface area contributed by atoms with E-state index >= 15 is 0 Å². The second-order valence-corrected chi connectivity index (χ2v) is 7.65. The van der Waals surface area contributed by atoms with Gasteiger partial charge in [0, 0.05) is 11.8 Å². The number of hydrogen-bond acceptors (Lipinski definition) is 6. The molecule has 2 heterocycles. The van der Waals surface area contributed by atoms with E-state index in [-0.39, 0.29) is 47.1 Å². The van der Waals surface area contributed by atoms with Crippen LogP contribution in [0.4, 0.5) is 0 Å². The number of carbonyl (C=O) groups is 2. The van der Waals surface area contributed by atoms with Gasteiger partial charge >= 0.3 is 0 Å². The highest BCUT2D eigenvalue weighted by molar-refractivity contribution is 6.10. The molecule has 0 amide bonds. The highest BCUT2D eigenvalue weighted by Gasteiger charge is 2.64. The molecule has 2 N–H and O–H groups in total. The number of benzene rings is 2. The van der Waals surface area contributed by atoms with Crippen LogP contribution in [-0.2, 0) is 9.47 Å². The van der Waals surface area contributed by atoms with Crippen LogP contribution in [0.2, 0.25) is 0 Å². The number of aromatic hydroxyl groups is 2. The molecule has 6 nitrogen and oxygen atoms in total. The number of phenolic OH excluding ortho intramolecular Hbond substituents is 2. The van der Waals surface area contributed by atoms with Crippen LogP contribution in [-0.4, -0.2) is 46.2 Å². The van der Waals surface area contributed by atoms with Crippen LogP contribution in [0.25, 0.3) is 0 Å². The number of epoxide rings is 2. The van der Waals surface area contributed by atoms with Crippen molar-refractivity contribution in [1.82, 2.24) is 0 Å². The summed E-state index contributed by atoms with van der Waals surface area (Å²) in [5.41, 5.74) is 4.05. The molecule has 2 aromatic rings. The number of rotatable bonds is 0.